The molecule has 3 rings (SSSR count). The predicted molar refractivity (Wildman–Crippen MR) is 67.8 cm³/mol. The molecule has 0 aliphatic heterocycles. The summed E-state index contributed by atoms with van der Waals surface area (Å²) >= 11 is 5.94. The molecule has 0 saturated carbocycles. The zero-order valence-corrected chi connectivity index (χ0v) is 9.59. The van der Waals surface area contributed by atoms with E-state index >= 15 is 0 Å². The van der Waals surface area contributed by atoms with E-state index in [1.165, 1.54) is 0 Å². The van der Waals surface area contributed by atoms with Gasteiger partial charge in [-0.1, -0.05) is 11.6 Å². The van der Waals surface area contributed by atoms with E-state index in [2.05, 4.69) is 9.97 Å². The first-order chi connectivity index (χ1) is 8.24. The molecule has 0 aromatic carbocycles. The van der Waals surface area contributed by atoms with Crippen molar-refractivity contribution >= 4 is 22.9 Å². The molecular formula is C12H9ClN4. The van der Waals surface area contributed by atoms with Crippen LogP contribution in [0.15, 0.2) is 43.0 Å². The van der Waals surface area contributed by atoms with Gasteiger partial charge in [0.05, 0.1) is 16.4 Å². The van der Waals surface area contributed by atoms with Crippen LogP contribution in [0, 0.1) is 0 Å². The molecule has 0 aliphatic rings. The second-order valence-electron chi connectivity index (χ2n) is 3.71. The molecule has 3 heterocycles. The molecule has 0 saturated heterocycles. The van der Waals surface area contributed by atoms with E-state index in [4.69, 9.17) is 17.3 Å². The van der Waals surface area contributed by atoms with Crippen LogP contribution >= 0.6 is 11.6 Å². The van der Waals surface area contributed by atoms with Crippen molar-refractivity contribution < 1.29 is 0 Å². The average molecular weight is 245 g/mol. The van der Waals surface area contributed by atoms with Crippen LogP contribution in [0.4, 0.5) is 5.69 Å². The highest BCUT2D eigenvalue weighted by atomic mass is 35.5. The fourth-order valence-corrected chi connectivity index (χ4v) is 1.96. The highest BCUT2D eigenvalue weighted by molar-refractivity contribution is 6.30. The lowest BCUT2D eigenvalue weighted by molar-refractivity contribution is 1.19. The van der Waals surface area contributed by atoms with Crippen molar-refractivity contribution in [1.82, 2.24) is 14.4 Å². The van der Waals surface area contributed by atoms with Gasteiger partial charge in [0.15, 0.2) is 5.65 Å². The zero-order valence-electron chi connectivity index (χ0n) is 8.84. The summed E-state index contributed by atoms with van der Waals surface area (Å²) in [7, 11) is 0. The largest absolute Gasteiger partial charge is 0.396 e. The lowest BCUT2D eigenvalue weighted by Gasteiger charge is -1.97. The van der Waals surface area contributed by atoms with Gasteiger partial charge in [0.1, 0.15) is 0 Å². The van der Waals surface area contributed by atoms with E-state index in [9.17, 15) is 0 Å². The summed E-state index contributed by atoms with van der Waals surface area (Å²) < 4.78 is 1.82. The van der Waals surface area contributed by atoms with Gasteiger partial charge in [0, 0.05) is 30.4 Å². The number of aromatic nitrogens is 3. The smallest absolute Gasteiger partial charge is 0.160 e. The van der Waals surface area contributed by atoms with Gasteiger partial charge in [0.25, 0.3) is 0 Å². The first-order valence-electron chi connectivity index (χ1n) is 5.08. The van der Waals surface area contributed by atoms with Gasteiger partial charge >= 0.3 is 0 Å². The molecule has 0 unspecified atom stereocenters. The number of imidazole rings is 1. The summed E-state index contributed by atoms with van der Waals surface area (Å²) in [6, 6.07) is 5.51. The van der Waals surface area contributed by atoms with Crippen molar-refractivity contribution in [1.29, 1.82) is 0 Å². The fourth-order valence-electron chi connectivity index (χ4n) is 1.74. The Morgan fingerprint density at radius 1 is 1.29 bits per heavy atom. The minimum absolute atomic E-state index is 0.563. The minimum Gasteiger partial charge on any atom is -0.396 e. The zero-order chi connectivity index (χ0) is 11.8. The number of nitrogen functional groups attached to an aromatic ring is 1. The Morgan fingerprint density at radius 2 is 2.18 bits per heavy atom. The van der Waals surface area contributed by atoms with Crippen molar-refractivity contribution in [2.45, 2.75) is 0 Å². The van der Waals surface area contributed by atoms with E-state index in [1.807, 2.05) is 22.7 Å². The standard InChI is InChI=1S/C12H9ClN4/c13-9-4-10(14)12-16-11(7-17(12)6-9)8-2-1-3-15-5-8/h1-7H,14H2. The van der Waals surface area contributed by atoms with Crippen LogP contribution < -0.4 is 5.73 Å². The van der Waals surface area contributed by atoms with Crippen molar-refractivity contribution in [2.24, 2.45) is 0 Å². The molecule has 0 amide bonds. The molecule has 0 atom stereocenters. The van der Waals surface area contributed by atoms with Crippen molar-refractivity contribution in [2.75, 3.05) is 5.73 Å². The number of hydrogen-bond acceptors (Lipinski definition) is 3. The van der Waals surface area contributed by atoms with Gasteiger partial charge in [-0.15, -0.1) is 0 Å². The molecule has 0 radical (unpaired) electrons. The summed E-state index contributed by atoms with van der Waals surface area (Å²) in [5.74, 6) is 0. The van der Waals surface area contributed by atoms with Crippen molar-refractivity contribution in [3.63, 3.8) is 0 Å². The number of halogens is 1. The molecule has 3 aromatic heterocycles. The summed E-state index contributed by atoms with van der Waals surface area (Å²) in [5, 5.41) is 0.588. The quantitative estimate of drug-likeness (QED) is 0.716. The Kier molecular flexibility index (Phi) is 2.23. The van der Waals surface area contributed by atoms with E-state index in [-0.39, 0.29) is 0 Å². The molecule has 0 spiro atoms. The Balaban J connectivity index is 2.24. The second kappa shape index (κ2) is 3.75. The van der Waals surface area contributed by atoms with Gasteiger partial charge < -0.3 is 10.1 Å². The lowest BCUT2D eigenvalue weighted by Crippen LogP contribution is -1.91. The number of pyridine rings is 2. The molecule has 0 aliphatic carbocycles. The topological polar surface area (TPSA) is 56.2 Å². The Morgan fingerprint density at radius 3 is 2.94 bits per heavy atom. The molecule has 5 heteroatoms. The number of anilines is 1. The lowest BCUT2D eigenvalue weighted by atomic mass is 10.2. The first kappa shape index (κ1) is 10.1. The summed E-state index contributed by atoms with van der Waals surface area (Å²) in [6.45, 7) is 0. The maximum atomic E-state index is 5.94. The van der Waals surface area contributed by atoms with Gasteiger partial charge in [-0.3, -0.25) is 4.98 Å². The van der Waals surface area contributed by atoms with Crippen LogP contribution in [0.25, 0.3) is 16.9 Å². The third-order valence-electron chi connectivity index (χ3n) is 2.50. The summed E-state index contributed by atoms with van der Waals surface area (Å²) in [5.41, 5.74) is 8.91. The van der Waals surface area contributed by atoms with Gasteiger partial charge in [-0.2, -0.15) is 0 Å². The monoisotopic (exact) mass is 244 g/mol. The van der Waals surface area contributed by atoms with Gasteiger partial charge in [0.2, 0.25) is 0 Å². The van der Waals surface area contributed by atoms with Crippen LogP contribution in [0.5, 0.6) is 0 Å². The molecule has 0 bridgehead atoms. The van der Waals surface area contributed by atoms with Crippen LogP contribution in [0.3, 0.4) is 0 Å². The highest BCUT2D eigenvalue weighted by Crippen LogP contribution is 2.23. The average Bonchev–Trinajstić information content (AvgIpc) is 2.74. The molecule has 2 N–H and O–H groups in total. The molecular weight excluding hydrogens is 236 g/mol. The third kappa shape index (κ3) is 1.72. The Bertz CT molecular complexity index is 676. The number of nitrogens with zero attached hydrogens (tertiary/aromatic N) is 3. The van der Waals surface area contributed by atoms with Crippen molar-refractivity contribution in [3.8, 4) is 11.3 Å². The maximum absolute atomic E-state index is 5.94. The van der Waals surface area contributed by atoms with Crippen molar-refractivity contribution in [3.05, 3.63) is 48.0 Å². The van der Waals surface area contributed by atoms with Crippen LogP contribution in [0.2, 0.25) is 5.02 Å². The number of rotatable bonds is 1. The molecule has 0 fully saturated rings. The number of fused-ring (bicyclic) bond motifs is 1. The van der Waals surface area contributed by atoms with E-state index in [1.54, 1.807) is 24.7 Å². The highest BCUT2D eigenvalue weighted by Gasteiger charge is 2.07. The van der Waals surface area contributed by atoms with Gasteiger partial charge in [-0.05, 0) is 18.2 Å². The Hall–Kier alpha value is -2.07. The fraction of sp³-hybridized carbons (Fsp3) is 0. The van der Waals surface area contributed by atoms with E-state index < -0.39 is 0 Å². The van der Waals surface area contributed by atoms with E-state index in [0.717, 1.165) is 11.3 Å². The molecule has 84 valence electrons. The number of hydrogen-bond donors (Lipinski definition) is 1. The molecule has 4 nitrogen and oxygen atoms in total. The normalized spacial score (nSPS) is 10.9. The van der Waals surface area contributed by atoms with Crippen LogP contribution in [0.1, 0.15) is 0 Å². The third-order valence-corrected chi connectivity index (χ3v) is 2.71. The summed E-state index contributed by atoms with van der Waals surface area (Å²) in [6.07, 6.45) is 7.15. The van der Waals surface area contributed by atoms with Crippen LogP contribution in [-0.4, -0.2) is 14.4 Å². The predicted octanol–water partition coefficient (Wildman–Crippen LogP) is 2.63. The van der Waals surface area contributed by atoms with Gasteiger partial charge in [-0.25, -0.2) is 4.98 Å². The molecule has 3 aromatic rings. The SMILES string of the molecule is Nc1cc(Cl)cn2cc(-c3cccnc3)nc12. The Labute approximate surface area is 103 Å². The second-order valence-corrected chi connectivity index (χ2v) is 4.15. The minimum atomic E-state index is 0.563. The van der Waals surface area contributed by atoms with E-state index in [0.29, 0.717) is 16.4 Å². The molecule has 17 heavy (non-hydrogen) atoms. The maximum Gasteiger partial charge on any atom is 0.160 e. The summed E-state index contributed by atoms with van der Waals surface area (Å²) in [4.78, 5) is 8.53. The number of nitrogens with two attached hydrogens (primary N) is 1. The van der Waals surface area contributed by atoms with Crippen LogP contribution in [-0.2, 0) is 0 Å². The first-order valence-corrected chi connectivity index (χ1v) is 5.46.